The zero-order valence-electron chi connectivity index (χ0n) is 12.1. The van der Waals surface area contributed by atoms with Crippen molar-refractivity contribution in [3.8, 4) is 0 Å². The number of hydrogen-bond donors (Lipinski definition) is 2. The van der Waals surface area contributed by atoms with Gasteiger partial charge in [-0.1, -0.05) is 0 Å². The van der Waals surface area contributed by atoms with Gasteiger partial charge in [-0.25, -0.2) is 0 Å². The number of carbonyl (C=O) groups is 2. The summed E-state index contributed by atoms with van der Waals surface area (Å²) in [4.78, 5) is 22.9. The number of carbonyl (C=O) groups excluding carboxylic acids is 2. The van der Waals surface area contributed by atoms with Crippen molar-refractivity contribution >= 4 is 17.9 Å². The van der Waals surface area contributed by atoms with E-state index in [1.165, 1.54) is 6.08 Å². The molecule has 1 aliphatic rings. The van der Waals surface area contributed by atoms with E-state index in [0.717, 1.165) is 17.0 Å². The third-order valence-corrected chi connectivity index (χ3v) is 3.58. The molecular weight excluding hydrogens is 256 g/mol. The van der Waals surface area contributed by atoms with Crippen LogP contribution in [0, 0.1) is 13.8 Å². The quantitative estimate of drug-likeness (QED) is 0.787. The Morgan fingerprint density at radius 2 is 2.25 bits per heavy atom. The van der Waals surface area contributed by atoms with Gasteiger partial charge in [0.2, 0.25) is 11.8 Å². The molecule has 108 valence electrons. The van der Waals surface area contributed by atoms with Gasteiger partial charge in [0.05, 0.1) is 5.69 Å². The highest BCUT2D eigenvalue weighted by Crippen LogP contribution is 2.13. The van der Waals surface area contributed by atoms with Crippen molar-refractivity contribution in [2.75, 3.05) is 6.54 Å². The van der Waals surface area contributed by atoms with E-state index in [9.17, 15) is 9.59 Å². The molecular formula is C14H20N4O2. The van der Waals surface area contributed by atoms with Gasteiger partial charge in [0.15, 0.2) is 0 Å². The van der Waals surface area contributed by atoms with Crippen molar-refractivity contribution in [2.24, 2.45) is 7.05 Å². The van der Waals surface area contributed by atoms with E-state index in [-0.39, 0.29) is 17.9 Å². The minimum atomic E-state index is -0.145. The van der Waals surface area contributed by atoms with Crippen LogP contribution in [0.4, 0.5) is 0 Å². The third kappa shape index (κ3) is 3.26. The van der Waals surface area contributed by atoms with Crippen LogP contribution in [-0.2, 0) is 16.6 Å². The molecule has 1 aromatic heterocycles. The number of nitrogens with one attached hydrogen (secondary N) is 2. The maximum Gasteiger partial charge on any atom is 0.244 e. The average Bonchev–Trinajstić information content (AvgIpc) is 2.64. The van der Waals surface area contributed by atoms with E-state index in [1.807, 2.05) is 20.9 Å². The Balaban J connectivity index is 1.94. The Hall–Kier alpha value is -2.11. The maximum atomic E-state index is 11.9. The Morgan fingerprint density at radius 1 is 1.50 bits per heavy atom. The van der Waals surface area contributed by atoms with Gasteiger partial charge in [-0.15, -0.1) is 0 Å². The molecule has 0 radical (unpaired) electrons. The first-order valence-corrected chi connectivity index (χ1v) is 6.73. The fraction of sp³-hybridized carbons (Fsp3) is 0.500. The lowest BCUT2D eigenvalue weighted by atomic mass is 10.1. The first-order valence-electron chi connectivity index (χ1n) is 6.73. The summed E-state index contributed by atoms with van der Waals surface area (Å²) >= 11 is 0. The second-order valence-electron chi connectivity index (χ2n) is 5.09. The molecule has 0 saturated carbocycles. The van der Waals surface area contributed by atoms with Gasteiger partial charge < -0.3 is 10.6 Å². The van der Waals surface area contributed by atoms with Crippen molar-refractivity contribution < 1.29 is 9.59 Å². The van der Waals surface area contributed by atoms with Crippen LogP contribution in [0.2, 0.25) is 0 Å². The zero-order chi connectivity index (χ0) is 14.7. The maximum absolute atomic E-state index is 11.9. The fourth-order valence-corrected chi connectivity index (χ4v) is 2.30. The van der Waals surface area contributed by atoms with Crippen LogP contribution >= 0.6 is 0 Å². The van der Waals surface area contributed by atoms with Crippen LogP contribution in [-0.4, -0.2) is 34.2 Å². The monoisotopic (exact) mass is 276 g/mol. The highest BCUT2D eigenvalue weighted by molar-refractivity contribution is 5.92. The first-order chi connectivity index (χ1) is 9.47. The summed E-state index contributed by atoms with van der Waals surface area (Å²) in [5.74, 6) is -0.0959. The summed E-state index contributed by atoms with van der Waals surface area (Å²) in [6.07, 6.45) is 4.47. The van der Waals surface area contributed by atoms with Crippen molar-refractivity contribution in [3.63, 3.8) is 0 Å². The first kappa shape index (κ1) is 14.3. The van der Waals surface area contributed by atoms with Crippen LogP contribution in [0.25, 0.3) is 6.08 Å². The van der Waals surface area contributed by atoms with Gasteiger partial charge in [0.1, 0.15) is 0 Å². The Morgan fingerprint density at radius 3 is 2.80 bits per heavy atom. The summed E-state index contributed by atoms with van der Waals surface area (Å²) in [7, 11) is 1.88. The van der Waals surface area contributed by atoms with Gasteiger partial charge in [-0.3, -0.25) is 14.3 Å². The number of piperidine rings is 1. The molecule has 20 heavy (non-hydrogen) atoms. The minimum Gasteiger partial charge on any atom is -0.354 e. The van der Waals surface area contributed by atoms with E-state index in [4.69, 9.17) is 0 Å². The SMILES string of the molecule is Cc1nn(C)c(C)c1C=CC(=O)NC1CCC(=O)NC1. The van der Waals surface area contributed by atoms with Crippen LogP contribution in [0.1, 0.15) is 29.8 Å². The Bertz CT molecular complexity index is 550. The van der Waals surface area contributed by atoms with Crippen molar-refractivity contribution in [1.82, 2.24) is 20.4 Å². The van der Waals surface area contributed by atoms with Crippen molar-refractivity contribution in [1.29, 1.82) is 0 Å². The summed E-state index contributed by atoms with van der Waals surface area (Å²) in [5.41, 5.74) is 2.90. The molecule has 1 fully saturated rings. The molecule has 6 heteroatoms. The molecule has 1 aromatic rings. The molecule has 2 rings (SSSR count). The molecule has 1 saturated heterocycles. The molecule has 6 nitrogen and oxygen atoms in total. The van der Waals surface area contributed by atoms with Crippen LogP contribution in [0.5, 0.6) is 0 Å². The Kier molecular flexibility index (Phi) is 4.22. The van der Waals surface area contributed by atoms with E-state index in [1.54, 1.807) is 10.8 Å². The molecule has 0 spiro atoms. The van der Waals surface area contributed by atoms with Crippen molar-refractivity contribution in [2.45, 2.75) is 32.7 Å². The highest BCUT2D eigenvalue weighted by atomic mass is 16.2. The van der Waals surface area contributed by atoms with E-state index in [2.05, 4.69) is 15.7 Å². The minimum absolute atomic E-state index is 0.0148. The third-order valence-electron chi connectivity index (χ3n) is 3.58. The number of amides is 2. The second kappa shape index (κ2) is 5.90. The summed E-state index contributed by atoms with van der Waals surface area (Å²) in [5, 5.41) is 9.93. The van der Waals surface area contributed by atoms with E-state index < -0.39 is 0 Å². The van der Waals surface area contributed by atoms with Crippen LogP contribution in [0.3, 0.4) is 0 Å². The number of hydrogen-bond acceptors (Lipinski definition) is 3. The molecule has 1 unspecified atom stereocenters. The molecule has 0 aromatic carbocycles. The predicted octanol–water partition coefficient (Wildman–Crippen LogP) is 0.445. The zero-order valence-corrected chi connectivity index (χ0v) is 12.1. The van der Waals surface area contributed by atoms with E-state index >= 15 is 0 Å². The van der Waals surface area contributed by atoms with Gasteiger partial charge >= 0.3 is 0 Å². The van der Waals surface area contributed by atoms with Gasteiger partial charge in [0, 0.05) is 43.4 Å². The van der Waals surface area contributed by atoms with Gasteiger partial charge in [0.25, 0.3) is 0 Å². The second-order valence-corrected chi connectivity index (χ2v) is 5.09. The smallest absolute Gasteiger partial charge is 0.244 e. The molecule has 0 aliphatic carbocycles. The van der Waals surface area contributed by atoms with Crippen molar-refractivity contribution in [3.05, 3.63) is 23.0 Å². The lowest BCUT2D eigenvalue weighted by Crippen LogP contribution is -2.47. The highest BCUT2D eigenvalue weighted by Gasteiger charge is 2.18. The number of nitrogens with zero attached hydrogens (tertiary/aromatic N) is 2. The normalized spacial score (nSPS) is 19.1. The number of aryl methyl sites for hydroxylation is 2. The van der Waals surface area contributed by atoms with Crippen LogP contribution < -0.4 is 10.6 Å². The average molecular weight is 276 g/mol. The largest absolute Gasteiger partial charge is 0.354 e. The Labute approximate surface area is 118 Å². The topological polar surface area (TPSA) is 76.0 Å². The predicted molar refractivity (Wildman–Crippen MR) is 75.9 cm³/mol. The molecule has 2 N–H and O–H groups in total. The summed E-state index contributed by atoms with van der Waals surface area (Å²) in [6.45, 7) is 4.39. The standard InChI is InChI=1S/C14H20N4O2/c1-9-12(10(2)18(3)17-9)5-7-14(20)16-11-4-6-13(19)15-8-11/h5,7,11H,4,6,8H2,1-3H3,(H,15,19)(H,16,20). The lowest BCUT2D eigenvalue weighted by Gasteiger charge is -2.22. The van der Waals surface area contributed by atoms with Gasteiger partial charge in [-0.2, -0.15) is 5.10 Å². The molecule has 1 aliphatic heterocycles. The fourth-order valence-electron chi connectivity index (χ4n) is 2.30. The van der Waals surface area contributed by atoms with Crippen LogP contribution in [0.15, 0.2) is 6.08 Å². The van der Waals surface area contributed by atoms with E-state index in [0.29, 0.717) is 19.4 Å². The van der Waals surface area contributed by atoms with Gasteiger partial charge in [-0.05, 0) is 26.3 Å². The molecule has 1 atom stereocenters. The molecule has 2 amide bonds. The molecule has 0 bridgehead atoms. The number of rotatable bonds is 3. The molecule has 2 heterocycles. The summed E-state index contributed by atoms with van der Waals surface area (Å²) in [6, 6.07) is 0.0148. The summed E-state index contributed by atoms with van der Waals surface area (Å²) < 4.78 is 1.80. The lowest BCUT2D eigenvalue weighted by molar-refractivity contribution is -0.124. The number of aromatic nitrogens is 2.